The fraction of sp³-hybridized carbons (Fsp3) is 0.450. The molecule has 1 aromatic heterocycles. The van der Waals surface area contributed by atoms with Gasteiger partial charge >= 0.3 is 0 Å². The molecule has 0 spiro atoms. The van der Waals surface area contributed by atoms with Crippen LogP contribution in [0.3, 0.4) is 0 Å². The third-order valence-electron chi connectivity index (χ3n) is 4.14. The van der Waals surface area contributed by atoms with Crippen LogP contribution in [0.1, 0.15) is 40.0 Å². The minimum Gasteiger partial charge on any atom is -0.352 e. The number of carbonyl (C=O) groups excluding carboxylic acids is 1. The van der Waals surface area contributed by atoms with Crippen LogP contribution in [-0.4, -0.2) is 21.7 Å². The molecule has 0 unspecified atom stereocenters. The number of benzene rings is 1. The lowest BCUT2D eigenvalue weighted by molar-refractivity contribution is -0.122. The maximum Gasteiger partial charge on any atom is 0.267 e. The van der Waals surface area contributed by atoms with Crippen LogP contribution in [0.5, 0.6) is 0 Å². The third-order valence-corrected chi connectivity index (χ3v) is 4.14. The molecule has 2 rings (SSSR count). The van der Waals surface area contributed by atoms with Crippen molar-refractivity contribution in [1.82, 2.24) is 15.1 Å². The van der Waals surface area contributed by atoms with Crippen LogP contribution in [-0.2, 0) is 11.3 Å². The molecule has 0 saturated carbocycles. The first-order chi connectivity index (χ1) is 12.4. The van der Waals surface area contributed by atoms with Gasteiger partial charge in [0.15, 0.2) is 0 Å². The second kappa shape index (κ2) is 9.27. The van der Waals surface area contributed by atoms with Crippen LogP contribution in [0.2, 0.25) is 0 Å². The number of carbonyl (C=O) groups is 1. The second-order valence-corrected chi connectivity index (χ2v) is 6.99. The maximum atomic E-state index is 13.9. The summed E-state index contributed by atoms with van der Waals surface area (Å²) >= 11 is 0. The normalized spacial score (nSPS) is 12.2. The molecular weight excluding hydrogens is 333 g/mol. The zero-order chi connectivity index (χ0) is 19.1. The van der Waals surface area contributed by atoms with Crippen molar-refractivity contribution in [3.05, 3.63) is 52.6 Å². The Hall–Kier alpha value is -2.50. The van der Waals surface area contributed by atoms with Gasteiger partial charge in [-0.2, -0.15) is 5.10 Å². The summed E-state index contributed by atoms with van der Waals surface area (Å²) in [7, 11) is 0. The Bertz CT molecular complexity index is 802. The molecule has 1 heterocycles. The average Bonchev–Trinajstić information content (AvgIpc) is 2.57. The van der Waals surface area contributed by atoms with Crippen molar-refractivity contribution in [2.45, 2.75) is 52.6 Å². The van der Waals surface area contributed by atoms with Gasteiger partial charge in [0.05, 0.1) is 5.69 Å². The zero-order valence-corrected chi connectivity index (χ0v) is 15.5. The Kier molecular flexibility index (Phi) is 7.06. The molecule has 0 fully saturated rings. The van der Waals surface area contributed by atoms with E-state index in [4.69, 9.17) is 0 Å². The van der Waals surface area contributed by atoms with Gasteiger partial charge in [0.2, 0.25) is 5.91 Å². The average molecular weight is 359 g/mol. The smallest absolute Gasteiger partial charge is 0.267 e. The Balaban J connectivity index is 2.03. The Labute approximate surface area is 153 Å². The molecule has 0 aliphatic rings. The number of halogens is 1. The van der Waals surface area contributed by atoms with Gasteiger partial charge in [-0.25, -0.2) is 9.07 Å². The summed E-state index contributed by atoms with van der Waals surface area (Å²) in [5.74, 6) is -0.0578. The molecule has 140 valence electrons. The highest BCUT2D eigenvalue weighted by molar-refractivity contribution is 5.76. The van der Waals surface area contributed by atoms with E-state index in [0.29, 0.717) is 17.2 Å². The summed E-state index contributed by atoms with van der Waals surface area (Å²) in [4.78, 5) is 24.2. The molecule has 0 aliphatic heterocycles. The molecule has 0 radical (unpaired) electrons. The molecule has 5 nitrogen and oxygen atoms in total. The summed E-state index contributed by atoms with van der Waals surface area (Å²) in [6, 6.07) is 9.00. The third kappa shape index (κ3) is 5.79. The lowest BCUT2D eigenvalue weighted by Crippen LogP contribution is -2.38. The van der Waals surface area contributed by atoms with E-state index in [9.17, 15) is 14.0 Å². The van der Waals surface area contributed by atoms with Crippen molar-refractivity contribution in [2.75, 3.05) is 0 Å². The highest BCUT2D eigenvalue weighted by atomic mass is 19.1. The van der Waals surface area contributed by atoms with Gasteiger partial charge in [-0.1, -0.05) is 38.8 Å². The van der Waals surface area contributed by atoms with Crippen molar-refractivity contribution in [1.29, 1.82) is 0 Å². The number of nitrogens with one attached hydrogen (secondary N) is 1. The molecule has 1 N–H and O–H groups in total. The number of aromatic nitrogens is 2. The van der Waals surface area contributed by atoms with Crippen molar-refractivity contribution in [3.63, 3.8) is 0 Å². The van der Waals surface area contributed by atoms with Gasteiger partial charge in [-0.05, 0) is 37.5 Å². The lowest BCUT2D eigenvalue weighted by Gasteiger charge is -2.15. The first-order valence-corrected chi connectivity index (χ1v) is 8.99. The summed E-state index contributed by atoms with van der Waals surface area (Å²) in [5, 5.41) is 7.03. The molecule has 2 aromatic rings. The van der Waals surface area contributed by atoms with Crippen LogP contribution in [0.15, 0.2) is 41.2 Å². The number of nitrogens with zero attached hydrogens (tertiary/aromatic N) is 2. The van der Waals surface area contributed by atoms with E-state index >= 15 is 0 Å². The molecule has 0 bridgehead atoms. The summed E-state index contributed by atoms with van der Waals surface area (Å²) in [5.41, 5.74) is 0.219. The van der Waals surface area contributed by atoms with Crippen LogP contribution >= 0.6 is 0 Å². The molecule has 0 saturated heterocycles. The summed E-state index contributed by atoms with van der Waals surface area (Å²) in [6.45, 7) is 6.10. The van der Waals surface area contributed by atoms with E-state index in [2.05, 4.69) is 24.3 Å². The largest absolute Gasteiger partial charge is 0.352 e. The monoisotopic (exact) mass is 359 g/mol. The molecule has 26 heavy (non-hydrogen) atoms. The SMILES string of the molecule is CC(C)CCC[C@@H](C)NC(=O)Cn1nc(-c2ccccc2F)ccc1=O. The number of hydrogen-bond acceptors (Lipinski definition) is 3. The van der Waals surface area contributed by atoms with Crippen LogP contribution in [0, 0.1) is 11.7 Å². The van der Waals surface area contributed by atoms with E-state index in [1.54, 1.807) is 18.2 Å². The Morgan fingerprint density at radius 3 is 2.58 bits per heavy atom. The number of hydrogen-bond donors (Lipinski definition) is 1. The number of rotatable bonds is 8. The van der Waals surface area contributed by atoms with Gasteiger partial charge in [0.1, 0.15) is 12.4 Å². The van der Waals surface area contributed by atoms with Gasteiger partial charge in [-0.15, -0.1) is 0 Å². The van der Waals surface area contributed by atoms with Gasteiger partial charge < -0.3 is 5.32 Å². The second-order valence-electron chi connectivity index (χ2n) is 6.99. The van der Waals surface area contributed by atoms with Crippen LogP contribution < -0.4 is 10.9 Å². The minimum atomic E-state index is -0.423. The van der Waals surface area contributed by atoms with E-state index in [0.717, 1.165) is 23.9 Å². The summed E-state index contributed by atoms with van der Waals surface area (Å²) in [6.07, 6.45) is 3.05. The van der Waals surface area contributed by atoms with Crippen LogP contribution in [0.4, 0.5) is 4.39 Å². The quantitative estimate of drug-likeness (QED) is 0.786. The fourth-order valence-corrected chi connectivity index (χ4v) is 2.74. The van der Waals surface area contributed by atoms with Crippen molar-refractivity contribution in [3.8, 4) is 11.3 Å². The van der Waals surface area contributed by atoms with E-state index in [1.165, 1.54) is 18.2 Å². The molecule has 1 amide bonds. The first kappa shape index (κ1) is 19.8. The van der Waals surface area contributed by atoms with Gasteiger partial charge in [0.25, 0.3) is 5.56 Å². The predicted octanol–water partition coefficient (Wildman–Crippen LogP) is 3.38. The van der Waals surface area contributed by atoms with E-state index < -0.39 is 11.4 Å². The highest BCUT2D eigenvalue weighted by Crippen LogP contribution is 2.18. The summed E-state index contributed by atoms with van der Waals surface area (Å²) < 4.78 is 15.0. The van der Waals surface area contributed by atoms with Crippen molar-refractivity contribution >= 4 is 5.91 Å². The van der Waals surface area contributed by atoms with Gasteiger partial charge in [0, 0.05) is 17.7 Å². The van der Waals surface area contributed by atoms with Crippen molar-refractivity contribution < 1.29 is 9.18 Å². The number of amides is 1. The molecule has 1 aromatic carbocycles. The zero-order valence-electron chi connectivity index (χ0n) is 15.5. The predicted molar refractivity (Wildman–Crippen MR) is 100 cm³/mol. The molecule has 0 aliphatic carbocycles. The van der Waals surface area contributed by atoms with Crippen molar-refractivity contribution in [2.24, 2.45) is 5.92 Å². The molecule has 6 heteroatoms. The topological polar surface area (TPSA) is 64.0 Å². The fourth-order valence-electron chi connectivity index (χ4n) is 2.74. The van der Waals surface area contributed by atoms with Crippen LogP contribution in [0.25, 0.3) is 11.3 Å². The maximum absolute atomic E-state index is 13.9. The van der Waals surface area contributed by atoms with Gasteiger partial charge in [-0.3, -0.25) is 9.59 Å². The van der Waals surface area contributed by atoms with E-state index in [1.807, 2.05) is 6.92 Å². The minimum absolute atomic E-state index is 0.0340. The first-order valence-electron chi connectivity index (χ1n) is 8.99. The van der Waals surface area contributed by atoms with E-state index in [-0.39, 0.29) is 18.5 Å². The standard InChI is InChI=1S/C20H26FN3O2/c1-14(2)7-6-8-15(3)22-19(25)13-24-20(26)12-11-18(23-24)16-9-4-5-10-17(16)21/h4-5,9-12,14-15H,6-8,13H2,1-3H3,(H,22,25)/t15-/m1/s1. The molecule has 1 atom stereocenters. The lowest BCUT2D eigenvalue weighted by atomic mass is 10.0. The Morgan fingerprint density at radius 2 is 1.88 bits per heavy atom. The highest BCUT2D eigenvalue weighted by Gasteiger charge is 2.12. The molecular formula is C20H26FN3O2. The Morgan fingerprint density at radius 1 is 1.15 bits per heavy atom.